The number of nitrogens with two attached hydrogens (primary N) is 2. The molecule has 1 aromatic heterocycles. The highest BCUT2D eigenvalue weighted by Gasteiger charge is 2.45. The molecule has 0 bridgehead atoms. The minimum Gasteiger partial charge on any atom is -0.396 e. The van der Waals surface area contributed by atoms with Crippen molar-refractivity contribution >= 4 is 28.5 Å². The van der Waals surface area contributed by atoms with Crippen LogP contribution in [0.5, 0.6) is 0 Å². The van der Waals surface area contributed by atoms with Crippen LogP contribution >= 0.6 is 11.3 Å². The van der Waals surface area contributed by atoms with Gasteiger partial charge in [0, 0.05) is 5.56 Å². The van der Waals surface area contributed by atoms with E-state index < -0.39 is 37.1 Å². The van der Waals surface area contributed by atoms with E-state index in [2.05, 4.69) is 0 Å². The third-order valence-electron chi connectivity index (χ3n) is 4.41. The number of hydrogen-bond donors (Lipinski definition) is 6. The van der Waals surface area contributed by atoms with Crippen molar-refractivity contribution in [2.24, 2.45) is 0 Å². The molecule has 1 aliphatic heterocycles. The van der Waals surface area contributed by atoms with Gasteiger partial charge in [-0.1, -0.05) is 30.3 Å². The topological polar surface area (TPSA) is 159 Å². The summed E-state index contributed by atoms with van der Waals surface area (Å²) < 4.78 is 5.50. The zero-order valence-corrected chi connectivity index (χ0v) is 14.5. The zero-order valence-electron chi connectivity index (χ0n) is 13.6. The Labute approximate surface area is 153 Å². The van der Waals surface area contributed by atoms with Gasteiger partial charge in [-0.3, -0.25) is 4.79 Å². The highest BCUT2D eigenvalue weighted by Crippen LogP contribution is 2.44. The van der Waals surface area contributed by atoms with Gasteiger partial charge in [-0.15, -0.1) is 11.3 Å². The molecule has 1 aromatic carbocycles. The molecular weight excluding hydrogens is 360 g/mol. The van der Waals surface area contributed by atoms with Gasteiger partial charge in [0.1, 0.15) is 35.4 Å². The van der Waals surface area contributed by atoms with Gasteiger partial charge in [-0.25, -0.2) is 0 Å². The number of carbonyl (C=O) groups excluding carboxylic acids is 1. The zero-order chi connectivity index (χ0) is 19.0. The monoisotopic (exact) mass is 380 g/mol. The van der Waals surface area contributed by atoms with Crippen molar-refractivity contribution < 1.29 is 30.0 Å². The van der Waals surface area contributed by atoms with Gasteiger partial charge < -0.3 is 36.6 Å². The van der Waals surface area contributed by atoms with E-state index >= 15 is 0 Å². The number of nitrogen functional groups attached to an aromatic ring is 2. The number of rotatable bonds is 4. The molecule has 5 atom stereocenters. The first-order valence-corrected chi connectivity index (χ1v) is 8.76. The number of anilines is 2. The fourth-order valence-electron chi connectivity index (χ4n) is 2.89. The van der Waals surface area contributed by atoms with Crippen LogP contribution in [0.2, 0.25) is 0 Å². The van der Waals surface area contributed by atoms with Gasteiger partial charge in [0.05, 0.1) is 22.9 Å². The quantitative estimate of drug-likeness (QED) is 0.393. The van der Waals surface area contributed by atoms with Crippen LogP contribution in [0.1, 0.15) is 26.2 Å². The molecule has 1 fully saturated rings. The van der Waals surface area contributed by atoms with E-state index in [0.717, 1.165) is 11.3 Å². The van der Waals surface area contributed by atoms with E-state index in [1.165, 1.54) is 0 Å². The van der Waals surface area contributed by atoms with E-state index in [-0.39, 0.29) is 26.9 Å². The summed E-state index contributed by atoms with van der Waals surface area (Å²) in [5.74, 6) is -0.323. The third kappa shape index (κ3) is 3.09. The van der Waals surface area contributed by atoms with Crippen LogP contribution in [-0.2, 0) is 4.74 Å². The summed E-state index contributed by atoms with van der Waals surface area (Å²) in [4.78, 5) is 13.1. The molecule has 1 saturated heterocycles. The van der Waals surface area contributed by atoms with Crippen molar-refractivity contribution in [2.45, 2.75) is 30.5 Å². The van der Waals surface area contributed by atoms with Crippen LogP contribution in [0.3, 0.4) is 0 Å². The number of aliphatic hydroxyl groups is 4. The second-order valence-electron chi connectivity index (χ2n) is 6.07. The normalized spacial score (nSPS) is 28.8. The first-order valence-electron chi connectivity index (χ1n) is 7.94. The Morgan fingerprint density at radius 3 is 2.31 bits per heavy atom. The predicted octanol–water partition coefficient (Wildman–Crippen LogP) is -0.342. The largest absolute Gasteiger partial charge is 0.396 e. The lowest BCUT2D eigenvalue weighted by atomic mass is 9.94. The average molecular weight is 380 g/mol. The first kappa shape index (κ1) is 18.8. The molecule has 1 aliphatic rings. The summed E-state index contributed by atoms with van der Waals surface area (Å²) in [6.07, 6.45) is -6.71. The summed E-state index contributed by atoms with van der Waals surface area (Å²) in [6.45, 7) is -0.558. The highest BCUT2D eigenvalue weighted by molar-refractivity contribution is 7.15. The van der Waals surface area contributed by atoms with Crippen LogP contribution in [0, 0.1) is 0 Å². The molecule has 0 spiro atoms. The van der Waals surface area contributed by atoms with Gasteiger partial charge >= 0.3 is 0 Å². The van der Waals surface area contributed by atoms with Crippen molar-refractivity contribution in [2.75, 3.05) is 18.1 Å². The van der Waals surface area contributed by atoms with E-state index in [0.29, 0.717) is 5.56 Å². The molecule has 0 amide bonds. The maximum absolute atomic E-state index is 12.7. The van der Waals surface area contributed by atoms with E-state index in [4.69, 9.17) is 16.2 Å². The maximum Gasteiger partial charge on any atom is 0.205 e. The average Bonchev–Trinajstić information content (AvgIpc) is 2.95. The van der Waals surface area contributed by atoms with Crippen molar-refractivity contribution in [3.63, 3.8) is 0 Å². The Balaban J connectivity index is 1.98. The van der Waals surface area contributed by atoms with Gasteiger partial charge in [-0.2, -0.15) is 0 Å². The molecule has 8 N–H and O–H groups in total. The minimum absolute atomic E-state index is 0.0656. The van der Waals surface area contributed by atoms with Crippen molar-refractivity contribution in [1.29, 1.82) is 0 Å². The Morgan fingerprint density at radius 2 is 1.69 bits per heavy atom. The molecule has 1 unspecified atom stereocenters. The van der Waals surface area contributed by atoms with Crippen LogP contribution < -0.4 is 11.5 Å². The van der Waals surface area contributed by atoms with Crippen LogP contribution in [-0.4, -0.2) is 57.2 Å². The second kappa shape index (κ2) is 7.31. The lowest BCUT2D eigenvalue weighted by Crippen LogP contribution is -2.55. The summed E-state index contributed by atoms with van der Waals surface area (Å²) in [7, 11) is 0. The van der Waals surface area contributed by atoms with Crippen molar-refractivity contribution in [1.82, 2.24) is 0 Å². The number of carbonyl (C=O) groups is 1. The SMILES string of the molecule is Nc1c(C(=O)c2ccccc2)sc(C2O[C@H](CO)[C@@H](O)[C@H](O)[C@H]2O)c1N. The van der Waals surface area contributed by atoms with Gasteiger partial charge in [-0.05, 0) is 0 Å². The number of thiophene rings is 1. The van der Waals surface area contributed by atoms with Crippen LogP contribution in [0.25, 0.3) is 0 Å². The van der Waals surface area contributed by atoms with Crippen molar-refractivity contribution in [3.05, 3.63) is 45.6 Å². The van der Waals surface area contributed by atoms with Gasteiger partial charge in [0.2, 0.25) is 5.78 Å². The maximum atomic E-state index is 12.7. The van der Waals surface area contributed by atoms with E-state index in [1.807, 2.05) is 0 Å². The van der Waals surface area contributed by atoms with Crippen LogP contribution in [0.15, 0.2) is 30.3 Å². The fraction of sp³-hybridized carbons (Fsp3) is 0.353. The van der Waals surface area contributed by atoms with Gasteiger partial charge in [0.15, 0.2) is 0 Å². The smallest absolute Gasteiger partial charge is 0.205 e. The lowest BCUT2D eigenvalue weighted by Gasteiger charge is -2.39. The highest BCUT2D eigenvalue weighted by atomic mass is 32.1. The number of hydrogen-bond acceptors (Lipinski definition) is 9. The summed E-state index contributed by atoms with van der Waals surface area (Å²) in [6, 6.07) is 8.51. The number of benzene rings is 1. The molecule has 0 aliphatic carbocycles. The fourth-order valence-corrected chi connectivity index (χ4v) is 4.08. The molecule has 8 nitrogen and oxygen atoms in total. The van der Waals surface area contributed by atoms with E-state index in [1.54, 1.807) is 30.3 Å². The Bertz CT molecular complexity index is 794. The molecule has 0 saturated carbocycles. The molecule has 3 rings (SSSR count). The van der Waals surface area contributed by atoms with Crippen LogP contribution in [0.4, 0.5) is 11.4 Å². The molecule has 9 heteroatoms. The number of ether oxygens (including phenoxy) is 1. The Morgan fingerprint density at radius 1 is 1.04 bits per heavy atom. The van der Waals surface area contributed by atoms with Crippen molar-refractivity contribution in [3.8, 4) is 0 Å². The molecule has 2 aromatic rings. The summed E-state index contributed by atoms with van der Waals surface area (Å²) in [5.41, 5.74) is 12.6. The molecule has 26 heavy (non-hydrogen) atoms. The molecule has 2 heterocycles. The van der Waals surface area contributed by atoms with E-state index in [9.17, 15) is 25.2 Å². The number of aliphatic hydroxyl groups excluding tert-OH is 4. The molecular formula is C17H20N2O6S. The number of ketones is 1. The lowest BCUT2D eigenvalue weighted by molar-refractivity contribution is -0.230. The molecule has 0 radical (unpaired) electrons. The second-order valence-corrected chi connectivity index (χ2v) is 7.12. The summed E-state index contributed by atoms with van der Waals surface area (Å²) in [5, 5.41) is 39.4. The molecule has 140 valence electrons. The first-order chi connectivity index (χ1) is 12.4. The minimum atomic E-state index is -1.54. The third-order valence-corrected chi connectivity index (χ3v) is 5.69. The van der Waals surface area contributed by atoms with Gasteiger partial charge in [0.25, 0.3) is 0 Å². The standard InChI is InChI=1S/C17H20N2O6S/c18-9-10(19)17(15-14(24)13(23)12(22)8(6-20)25-15)26-16(9)11(21)7-4-2-1-3-5-7/h1-5,8,12-15,20,22-24H,6,18-19H2/t8-,12-,13+,14-,15?/m1/s1. The predicted molar refractivity (Wildman–Crippen MR) is 95.7 cm³/mol. The Hall–Kier alpha value is -2.01. The summed E-state index contributed by atoms with van der Waals surface area (Å²) >= 11 is 0.956. The Kier molecular flexibility index (Phi) is 5.28.